The van der Waals surface area contributed by atoms with E-state index in [4.69, 9.17) is 5.26 Å². The maximum atomic E-state index is 12.3. The number of nitrogens with zero attached hydrogens (tertiary/aromatic N) is 2. The second-order valence-electron chi connectivity index (χ2n) is 4.16. The van der Waals surface area contributed by atoms with Gasteiger partial charge in [-0.15, -0.1) is 13.2 Å². The number of anilines is 2. The van der Waals surface area contributed by atoms with Gasteiger partial charge in [0, 0.05) is 5.69 Å². The van der Waals surface area contributed by atoms with Crippen LogP contribution in [0.5, 0.6) is 5.75 Å². The van der Waals surface area contributed by atoms with Crippen LogP contribution in [0.25, 0.3) is 0 Å². The minimum atomic E-state index is -4.78. The molecule has 0 fully saturated rings. The van der Waals surface area contributed by atoms with Crippen molar-refractivity contribution in [2.75, 3.05) is 5.32 Å². The van der Waals surface area contributed by atoms with E-state index in [-0.39, 0.29) is 17.3 Å². The highest BCUT2D eigenvalue weighted by atomic mass is 19.4. The summed E-state index contributed by atoms with van der Waals surface area (Å²) in [5.74, 6) is -0.100. The van der Waals surface area contributed by atoms with Crippen LogP contribution in [-0.4, -0.2) is 11.3 Å². The number of nitriles is 1. The minimum absolute atomic E-state index is 0.108. The summed E-state index contributed by atoms with van der Waals surface area (Å²) in [7, 11) is 0. The number of benzene rings is 1. The van der Waals surface area contributed by atoms with Crippen LogP contribution in [0.4, 0.5) is 24.7 Å². The zero-order valence-electron chi connectivity index (χ0n) is 10.9. The summed E-state index contributed by atoms with van der Waals surface area (Å²) in [5.41, 5.74) is 1.04. The molecule has 1 heterocycles. The van der Waals surface area contributed by atoms with Crippen molar-refractivity contribution in [3.8, 4) is 11.8 Å². The van der Waals surface area contributed by atoms with Gasteiger partial charge >= 0.3 is 6.36 Å². The average Bonchev–Trinajstić information content (AvgIpc) is 2.38. The van der Waals surface area contributed by atoms with Gasteiger partial charge in [-0.3, -0.25) is 0 Å². The van der Waals surface area contributed by atoms with Crippen LogP contribution < -0.4 is 10.1 Å². The number of halogens is 3. The molecule has 0 saturated heterocycles. The van der Waals surface area contributed by atoms with Crippen LogP contribution in [0.3, 0.4) is 0 Å². The van der Waals surface area contributed by atoms with E-state index in [1.165, 1.54) is 24.3 Å². The molecule has 1 aromatic carbocycles. The topological polar surface area (TPSA) is 57.9 Å². The highest BCUT2D eigenvalue weighted by Crippen LogP contribution is 2.31. The molecular formula is C14H10F3N3O. The Bertz CT molecular complexity index is 693. The Hall–Kier alpha value is -2.75. The van der Waals surface area contributed by atoms with Crippen LogP contribution in [0.1, 0.15) is 11.3 Å². The summed E-state index contributed by atoms with van der Waals surface area (Å²) < 4.78 is 40.9. The SMILES string of the molecule is Cc1cc(C#N)cc(Nc2ccccc2OC(F)(F)F)n1. The number of rotatable bonds is 3. The number of para-hydroxylation sites is 2. The number of pyridine rings is 1. The van der Waals surface area contributed by atoms with Crippen LogP contribution in [0.15, 0.2) is 36.4 Å². The average molecular weight is 293 g/mol. The Morgan fingerprint density at radius 1 is 1.24 bits per heavy atom. The van der Waals surface area contributed by atoms with E-state index >= 15 is 0 Å². The molecule has 0 spiro atoms. The number of nitrogens with one attached hydrogen (secondary N) is 1. The van der Waals surface area contributed by atoms with Gasteiger partial charge in [0.2, 0.25) is 0 Å². The van der Waals surface area contributed by atoms with Gasteiger partial charge in [0.25, 0.3) is 0 Å². The van der Waals surface area contributed by atoms with Crippen LogP contribution in [-0.2, 0) is 0 Å². The highest BCUT2D eigenvalue weighted by molar-refractivity contribution is 5.65. The van der Waals surface area contributed by atoms with Crippen molar-refractivity contribution in [1.29, 1.82) is 5.26 Å². The van der Waals surface area contributed by atoms with Gasteiger partial charge in [-0.25, -0.2) is 4.98 Å². The fraction of sp³-hybridized carbons (Fsp3) is 0.143. The van der Waals surface area contributed by atoms with Gasteiger partial charge in [0.15, 0.2) is 5.75 Å². The smallest absolute Gasteiger partial charge is 0.404 e. The first-order valence-corrected chi connectivity index (χ1v) is 5.88. The monoisotopic (exact) mass is 293 g/mol. The fourth-order valence-electron chi connectivity index (χ4n) is 1.72. The van der Waals surface area contributed by atoms with Gasteiger partial charge < -0.3 is 10.1 Å². The van der Waals surface area contributed by atoms with E-state index in [1.54, 1.807) is 19.1 Å². The predicted octanol–water partition coefficient (Wildman–Crippen LogP) is 3.90. The third-order valence-electron chi connectivity index (χ3n) is 2.46. The largest absolute Gasteiger partial charge is 0.573 e. The second-order valence-corrected chi connectivity index (χ2v) is 4.16. The third kappa shape index (κ3) is 4.11. The third-order valence-corrected chi connectivity index (χ3v) is 2.46. The molecule has 0 atom stereocenters. The second kappa shape index (κ2) is 5.71. The maximum Gasteiger partial charge on any atom is 0.573 e. The lowest BCUT2D eigenvalue weighted by Gasteiger charge is -2.14. The summed E-state index contributed by atoms with van der Waals surface area (Å²) in [6, 6.07) is 10.6. The molecule has 0 bridgehead atoms. The molecule has 21 heavy (non-hydrogen) atoms. The van der Waals surface area contributed by atoms with Gasteiger partial charge in [-0.1, -0.05) is 12.1 Å². The summed E-state index contributed by atoms with van der Waals surface area (Å²) in [6.07, 6.45) is -4.78. The molecule has 7 heteroatoms. The molecule has 0 radical (unpaired) electrons. The normalized spacial score (nSPS) is 10.8. The highest BCUT2D eigenvalue weighted by Gasteiger charge is 2.32. The Labute approximate surface area is 118 Å². The van der Waals surface area contributed by atoms with Crippen molar-refractivity contribution >= 4 is 11.5 Å². The van der Waals surface area contributed by atoms with E-state index in [2.05, 4.69) is 15.0 Å². The van der Waals surface area contributed by atoms with E-state index in [0.29, 0.717) is 11.3 Å². The van der Waals surface area contributed by atoms with Gasteiger partial charge in [-0.05, 0) is 31.2 Å². The lowest BCUT2D eigenvalue weighted by molar-refractivity contribution is -0.274. The van der Waals surface area contributed by atoms with Crippen LogP contribution >= 0.6 is 0 Å². The molecule has 0 unspecified atom stereocenters. The van der Waals surface area contributed by atoms with Crippen molar-refractivity contribution in [1.82, 2.24) is 4.98 Å². The van der Waals surface area contributed by atoms with Crippen molar-refractivity contribution in [3.05, 3.63) is 47.7 Å². The van der Waals surface area contributed by atoms with Crippen LogP contribution in [0, 0.1) is 18.3 Å². The van der Waals surface area contributed by atoms with Gasteiger partial charge in [0.05, 0.1) is 17.3 Å². The molecule has 0 aliphatic rings. The van der Waals surface area contributed by atoms with Gasteiger partial charge in [0.1, 0.15) is 5.82 Å². The van der Waals surface area contributed by atoms with Gasteiger partial charge in [-0.2, -0.15) is 5.26 Å². The van der Waals surface area contributed by atoms with E-state index in [1.807, 2.05) is 6.07 Å². The van der Waals surface area contributed by atoms with E-state index < -0.39 is 6.36 Å². The van der Waals surface area contributed by atoms with E-state index in [9.17, 15) is 13.2 Å². The summed E-state index contributed by atoms with van der Waals surface area (Å²) in [5, 5.41) is 11.6. The molecule has 2 aromatic rings. The number of alkyl halides is 3. The Morgan fingerprint density at radius 2 is 1.95 bits per heavy atom. The number of ether oxygens (including phenoxy) is 1. The molecule has 2 rings (SSSR count). The predicted molar refractivity (Wildman–Crippen MR) is 70.1 cm³/mol. The summed E-state index contributed by atoms with van der Waals surface area (Å²) in [6.45, 7) is 1.68. The Balaban J connectivity index is 2.32. The molecule has 1 aromatic heterocycles. The van der Waals surface area contributed by atoms with Crippen LogP contribution in [0.2, 0.25) is 0 Å². The molecule has 1 N–H and O–H groups in total. The Kier molecular flexibility index (Phi) is 3.98. The zero-order valence-corrected chi connectivity index (χ0v) is 10.9. The summed E-state index contributed by atoms with van der Waals surface area (Å²) >= 11 is 0. The molecule has 0 saturated carbocycles. The number of aromatic nitrogens is 1. The fourth-order valence-corrected chi connectivity index (χ4v) is 1.72. The van der Waals surface area contributed by atoms with Crippen molar-refractivity contribution in [2.24, 2.45) is 0 Å². The zero-order chi connectivity index (χ0) is 15.5. The van der Waals surface area contributed by atoms with Crippen molar-refractivity contribution in [3.63, 3.8) is 0 Å². The van der Waals surface area contributed by atoms with E-state index in [0.717, 1.165) is 0 Å². The number of hydrogen-bond donors (Lipinski definition) is 1. The Morgan fingerprint density at radius 3 is 2.62 bits per heavy atom. The number of aryl methyl sites for hydroxylation is 1. The first-order chi connectivity index (χ1) is 9.87. The lowest BCUT2D eigenvalue weighted by Crippen LogP contribution is -2.17. The van der Waals surface area contributed by atoms with Crippen molar-refractivity contribution < 1.29 is 17.9 Å². The molecule has 0 aliphatic heterocycles. The molecule has 0 amide bonds. The minimum Gasteiger partial charge on any atom is -0.404 e. The molecular weight excluding hydrogens is 283 g/mol. The summed E-state index contributed by atoms with van der Waals surface area (Å²) in [4.78, 5) is 4.12. The standard InChI is InChI=1S/C14H10F3N3O/c1-9-6-10(8-18)7-13(19-9)20-11-4-2-3-5-12(11)21-14(15,16)17/h2-7H,1H3,(H,19,20). The molecule has 0 aliphatic carbocycles. The first kappa shape index (κ1) is 14.7. The molecule has 108 valence electrons. The number of hydrogen-bond acceptors (Lipinski definition) is 4. The quantitative estimate of drug-likeness (QED) is 0.932. The first-order valence-electron chi connectivity index (χ1n) is 5.88. The lowest BCUT2D eigenvalue weighted by atomic mass is 10.2. The molecule has 4 nitrogen and oxygen atoms in total. The maximum absolute atomic E-state index is 12.3. The van der Waals surface area contributed by atoms with Crippen molar-refractivity contribution in [2.45, 2.75) is 13.3 Å².